The highest BCUT2D eigenvalue weighted by Crippen LogP contribution is 2.29. The van der Waals surface area contributed by atoms with Crippen molar-refractivity contribution in [3.63, 3.8) is 0 Å². The van der Waals surface area contributed by atoms with Gasteiger partial charge in [-0.15, -0.1) is 22.7 Å². The predicted octanol–water partition coefficient (Wildman–Crippen LogP) is 4.89. The van der Waals surface area contributed by atoms with Gasteiger partial charge in [0.15, 0.2) is 0 Å². The van der Waals surface area contributed by atoms with Crippen LogP contribution in [0.4, 0.5) is 0 Å². The quantitative estimate of drug-likeness (QED) is 0.100. The molecule has 0 bridgehead atoms. The van der Waals surface area contributed by atoms with Crippen LogP contribution in [0.25, 0.3) is 20.9 Å². The fourth-order valence-electron chi connectivity index (χ4n) is 7.63. The molecule has 3 aromatic heterocycles. The molecule has 0 saturated carbocycles. The van der Waals surface area contributed by atoms with E-state index in [9.17, 15) is 29.4 Å². The maximum Gasteiger partial charge on any atom is 0.243 e. The number of nitrogens with one attached hydrogen (secondary N) is 3. The van der Waals surface area contributed by atoms with Gasteiger partial charge in [0, 0.05) is 52.0 Å². The van der Waals surface area contributed by atoms with Crippen LogP contribution in [0.3, 0.4) is 0 Å². The summed E-state index contributed by atoms with van der Waals surface area (Å²) in [6, 6.07) is 16.1. The number of thiazole rings is 2. The zero-order valence-corrected chi connectivity index (χ0v) is 38.6. The molecule has 2 aliphatic rings. The van der Waals surface area contributed by atoms with Crippen molar-refractivity contribution in [2.24, 2.45) is 5.92 Å². The van der Waals surface area contributed by atoms with Crippen LogP contribution in [0.1, 0.15) is 67.6 Å². The molecule has 15 nitrogen and oxygen atoms in total. The molecule has 2 aliphatic heterocycles. The molecule has 63 heavy (non-hydrogen) atoms. The lowest BCUT2D eigenvalue weighted by atomic mass is 10.0. The minimum atomic E-state index is -0.724. The molecule has 5 heterocycles. The van der Waals surface area contributed by atoms with E-state index in [1.807, 2.05) is 87.2 Å². The largest absolute Gasteiger partial charge is 0.391 e. The smallest absolute Gasteiger partial charge is 0.243 e. The van der Waals surface area contributed by atoms with E-state index in [2.05, 4.69) is 31.1 Å². The lowest BCUT2D eigenvalue weighted by Crippen LogP contribution is -2.54. The maximum atomic E-state index is 13.0. The zero-order chi connectivity index (χ0) is 45.4. The van der Waals surface area contributed by atoms with E-state index >= 15 is 0 Å². The van der Waals surface area contributed by atoms with Gasteiger partial charge in [0.25, 0.3) is 0 Å². The van der Waals surface area contributed by atoms with E-state index in [0.717, 1.165) is 43.4 Å². The number of amides is 4. The van der Waals surface area contributed by atoms with E-state index < -0.39 is 24.3 Å². The number of nitrogens with zero attached hydrogens (tertiary/aromatic N) is 5. The Morgan fingerprint density at radius 1 is 0.794 bits per heavy atom. The number of hydrogen-bond acceptors (Lipinski definition) is 13. The Morgan fingerprint density at radius 2 is 1.27 bits per heavy atom. The Labute approximate surface area is 380 Å². The number of rotatable bonds is 13. The number of hydrogen-bond donors (Lipinski definition) is 5. The van der Waals surface area contributed by atoms with Crippen molar-refractivity contribution in [1.29, 1.82) is 0 Å². The van der Waals surface area contributed by atoms with Crippen LogP contribution < -0.4 is 16.0 Å². The molecular formula is C45H54N8O7S3. The molecule has 0 unspecified atom stereocenters. The standard InChI is InChI=1S/C23H30N4O3S2.C22H24N4O4S/c1-13(2)20(26-15(4)28)23(31)27-11-18(29)9-19(27)22(30)24-10-16-5-7-17(8-6-16)21-14(3)25-12-32-21;1-13-7-18(30-25-13)9-20(28)26-11-17(27)8-19(26)22(29)23-10-15-3-5-16(6-4-15)21-14(2)24-12-31-21/h5-8,12-13,18-20,29H,9-11H2,1-4H3,(H,24,30)(H,26,28);3-7,12,17,19,27H,8-11H2,1-2H3,(H,23,29)/t18-,19+,20+;17-,19+/m11/s1. The highest BCUT2D eigenvalue weighted by molar-refractivity contribution is 7.80. The Kier molecular flexibility index (Phi) is 15.9. The normalized spacial score (nSPS) is 18.7. The van der Waals surface area contributed by atoms with Crippen molar-refractivity contribution < 1.29 is 33.9 Å². The number of aromatic nitrogens is 3. The summed E-state index contributed by atoms with van der Waals surface area (Å²) in [4.78, 5) is 64.5. The number of carbonyl (C=O) groups excluding carboxylic acids is 4. The van der Waals surface area contributed by atoms with E-state index in [4.69, 9.17) is 16.7 Å². The molecule has 0 spiro atoms. The van der Waals surface area contributed by atoms with Crippen LogP contribution >= 0.6 is 34.9 Å². The van der Waals surface area contributed by atoms with Crippen LogP contribution in [-0.4, -0.2) is 107 Å². The number of benzene rings is 2. The van der Waals surface area contributed by atoms with Crippen molar-refractivity contribution in [2.45, 2.75) is 104 Å². The highest BCUT2D eigenvalue weighted by Gasteiger charge is 2.41. The van der Waals surface area contributed by atoms with Gasteiger partial charge in [0.05, 0.1) is 62.5 Å². The molecule has 4 amide bonds. The van der Waals surface area contributed by atoms with Crippen LogP contribution in [0, 0.1) is 26.7 Å². The second kappa shape index (κ2) is 21.3. The number of carbonyl (C=O) groups is 4. The number of aryl methyl sites for hydroxylation is 3. The summed E-state index contributed by atoms with van der Waals surface area (Å²) in [6.45, 7) is 12.3. The SMILES string of the molecule is CC(=O)N[C@H](C(=S)N1C[C@H](O)C[C@H]1C(=O)NCc1ccc(-c2scnc2C)cc1)C(C)C.Cc1cc(CC(=O)N2C[C@H](O)C[C@H]2C(=O)NCc2ccc(-c3scnc3C)cc2)on1. The average Bonchev–Trinajstić information content (AvgIpc) is 4.11. The van der Waals surface area contributed by atoms with Crippen LogP contribution in [0.5, 0.6) is 0 Å². The minimum Gasteiger partial charge on any atom is -0.391 e. The van der Waals surface area contributed by atoms with Crippen molar-refractivity contribution in [2.75, 3.05) is 13.1 Å². The highest BCUT2D eigenvalue weighted by atomic mass is 32.1. The summed E-state index contributed by atoms with van der Waals surface area (Å²) in [6.07, 6.45) is -0.832. The van der Waals surface area contributed by atoms with Crippen molar-refractivity contribution in [3.8, 4) is 20.9 Å². The second-order valence-electron chi connectivity index (χ2n) is 16.2. The van der Waals surface area contributed by atoms with E-state index in [1.54, 1.807) is 40.6 Å². The van der Waals surface area contributed by atoms with Crippen molar-refractivity contribution >= 4 is 63.5 Å². The Balaban J connectivity index is 0.000000210. The summed E-state index contributed by atoms with van der Waals surface area (Å²) in [7, 11) is 0. The van der Waals surface area contributed by atoms with E-state index in [0.29, 0.717) is 36.0 Å². The first kappa shape index (κ1) is 47.1. The Bertz CT molecular complexity index is 2380. The van der Waals surface area contributed by atoms with Gasteiger partial charge >= 0.3 is 0 Å². The molecule has 334 valence electrons. The number of aliphatic hydroxyl groups excluding tert-OH is 2. The third-order valence-electron chi connectivity index (χ3n) is 10.9. The fraction of sp³-hybridized carbons (Fsp3) is 0.422. The topological polar surface area (TPSA) is 203 Å². The van der Waals surface area contributed by atoms with Crippen LogP contribution in [0.2, 0.25) is 0 Å². The van der Waals surface area contributed by atoms with Gasteiger partial charge in [-0.05, 0) is 48.9 Å². The minimum absolute atomic E-state index is 0.00972. The number of thiocarbonyl (C=S) groups is 1. The average molecular weight is 915 g/mol. The van der Waals surface area contributed by atoms with Gasteiger partial charge in [-0.25, -0.2) is 9.97 Å². The summed E-state index contributed by atoms with van der Waals surface area (Å²) < 4.78 is 5.10. The molecule has 18 heteroatoms. The van der Waals surface area contributed by atoms with E-state index in [-0.39, 0.29) is 61.5 Å². The lowest BCUT2D eigenvalue weighted by Gasteiger charge is -2.32. The first-order chi connectivity index (χ1) is 30.1. The Hall–Kier alpha value is -5.40. The van der Waals surface area contributed by atoms with Gasteiger partial charge in [-0.3, -0.25) is 19.2 Å². The zero-order valence-electron chi connectivity index (χ0n) is 36.2. The van der Waals surface area contributed by atoms with Crippen LogP contribution in [0.15, 0.2) is 70.1 Å². The predicted molar refractivity (Wildman–Crippen MR) is 245 cm³/mol. The molecule has 7 rings (SSSR count). The first-order valence-corrected chi connectivity index (χ1v) is 22.9. The first-order valence-electron chi connectivity index (χ1n) is 20.8. The molecule has 0 aliphatic carbocycles. The fourth-order valence-corrected chi connectivity index (χ4v) is 9.78. The molecule has 5 aromatic rings. The summed E-state index contributed by atoms with van der Waals surface area (Å²) in [5, 5.41) is 32.8. The second-order valence-corrected chi connectivity index (χ2v) is 18.4. The Morgan fingerprint density at radius 3 is 1.68 bits per heavy atom. The summed E-state index contributed by atoms with van der Waals surface area (Å²) in [5.41, 5.74) is 10.5. The van der Waals surface area contributed by atoms with Gasteiger partial charge in [-0.2, -0.15) is 0 Å². The lowest BCUT2D eigenvalue weighted by molar-refractivity contribution is -0.138. The summed E-state index contributed by atoms with van der Waals surface area (Å²) >= 11 is 8.84. The molecule has 5 N–H and O–H groups in total. The molecule has 2 saturated heterocycles. The van der Waals surface area contributed by atoms with Gasteiger partial charge in [0.2, 0.25) is 23.6 Å². The number of likely N-dealkylation sites (tertiary alicyclic amines) is 2. The monoisotopic (exact) mass is 914 g/mol. The summed E-state index contributed by atoms with van der Waals surface area (Å²) in [5.74, 6) is -0.397. The number of β-amino-alcohol motifs (C(OH)–C–C–N with tert-alkyl or cyclic N) is 2. The maximum absolute atomic E-state index is 13.0. The van der Waals surface area contributed by atoms with Crippen molar-refractivity contribution in [3.05, 3.63) is 99.6 Å². The molecule has 5 atom stereocenters. The third-order valence-corrected chi connectivity index (χ3v) is 13.4. The molecule has 2 fully saturated rings. The molecule has 0 radical (unpaired) electrons. The number of aliphatic hydroxyl groups is 2. The van der Waals surface area contributed by atoms with Gasteiger partial charge in [0.1, 0.15) is 22.8 Å². The van der Waals surface area contributed by atoms with Crippen LogP contribution in [-0.2, 0) is 38.7 Å². The van der Waals surface area contributed by atoms with E-state index in [1.165, 1.54) is 11.8 Å². The molecule has 2 aromatic carbocycles. The molecular weight excluding hydrogens is 861 g/mol. The van der Waals surface area contributed by atoms with Gasteiger partial charge in [-0.1, -0.05) is 79.8 Å². The van der Waals surface area contributed by atoms with Gasteiger partial charge < -0.3 is 40.5 Å². The van der Waals surface area contributed by atoms with Crippen molar-refractivity contribution in [1.82, 2.24) is 40.9 Å². The third kappa shape index (κ3) is 12.2.